The standard InChI is InChI=1S/C30H29FN6O3S/c1-18-24-15-33-37(28(24)13-27(34-18)25-14-32-9-8-29(25)40-3)30-12-23(36-16-21(19(36)2)17-41(4,38)39)11-26(35-30)20-6-5-7-22(31)10-20/h5-15,19,21H,16-17H2,1-4H3/t19-,21-/m1/s1. The molecule has 0 bridgehead atoms. The van der Waals surface area contributed by atoms with Crippen molar-refractivity contribution in [1.82, 2.24) is 24.7 Å². The third-order valence-corrected chi connectivity index (χ3v) is 8.66. The van der Waals surface area contributed by atoms with Crippen molar-refractivity contribution >= 4 is 26.4 Å². The predicted octanol–water partition coefficient (Wildman–Crippen LogP) is 4.87. The minimum atomic E-state index is -3.10. The third kappa shape index (κ3) is 5.13. The van der Waals surface area contributed by atoms with Crippen LogP contribution in [0.15, 0.2) is 67.1 Å². The Kier molecular flexibility index (Phi) is 6.69. The Morgan fingerprint density at radius 2 is 1.90 bits per heavy atom. The number of sulfone groups is 1. The fraction of sp³-hybridized carbons (Fsp3) is 0.267. The maximum absolute atomic E-state index is 14.2. The SMILES string of the molecule is COc1ccncc1-c1cc2c(cnn2-c2cc(N3C[C@H](CS(C)(=O)=O)[C@H]3C)cc(-c3cccc(F)c3)n2)c(C)n1. The van der Waals surface area contributed by atoms with Gasteiger partial charge in [-0.3, -0.25) is 9.97 Å². The summed E-state index contributed by atoms with van der Waals surface area (Å²) in [6.45, 7) is 4.54. The number of aryl methyl sites for hydroxylation is 1. The number of nitrogens with zero attached hydrogens (tertiary/aromatic N) is 6. The summed E-state index contributed by atoms with van der Waals surface area (Å²) in [5, 5.41) is 5.54. The molecule has 5 aromatic rings. The Morgan fingerprint density at radius 1 is 1.07 bits per heavy atom. The van der Waals surface area contributed by atoms with Crippen molar-refractivity contribution in [2.45, 2.75) is 19.9 Å². The summed E-state index contributed by atoms with van der Waals surface area (Å²) in [6.07, 6.45) is 6.40. The first-order chi connectivity index (χ1) is 19.6. The van der Waals surface area contributed by atoms with Crippen molar-refractivity contribution in [2.24, 2.45) is 5.92 Å². The molecule has 0 amide bonds. The average Bonchev–Trinajstić information content (AvgIpc) is 3.39. The largest absolute Gasteiger partial charge is 0.496 e. The van der Waals surface area contributed by atoms with Crippen molar-refractivity contribution in [3.63, 3.8) is 0 Å². The van der Waals surface area contributed by atoms with Crippen LogP contribution in [0.5, 0.6) is 5.75 Å². The van der Waals surface area contributed by atoms with E-state index in [1.165, 1.54) is 18.4 Å². The highest BCUT2D eigenvalue weighted by Crippen LogP contribution is 2.36. The summed E-state index contributed by atoms with van der Waals surface area (Å²) in [4.78, 5) is 16.1. The summed E-state index contributed by atoms with van der Waals surface area (Å²) < 4.78 is 45.4. The highest BCUT2D eigenvalue weighted by molar-refractivity contribution is 7.90. The van der Waals surface area contributed by atoms with Crippen LogP contribution in [0.4, 0.5) is 10.1 Å². The third-order valence-electron chi connectivity index (χ3n) is 7.62. The molecule has 2 atom stereocenters. The second kappa shape index (κ2) is 10.2. The maximum atomic E-state index is 14.2. The van der Waals surface area contributed by atoms with E-state index < -0.39 is 9.84 Å². The number of hydrogen-bond donors (Lipinski definition) is 0. The van der Waals surface area contributed by atoms with Gasteiger partial charge in [0.2, 0.25) is 0 Å². The zero-order valence-electron chi connectivity index (χ0n) is 23.1. The van der Waals surface area contributed by atoms with Crippen LogP contribution in [-0.4, -0.2) is 64.9 Å². The van der Waals surface area contributed by atoms with Crippen molar-refractivity contribution in [3.05, 3.63) is 78.6 Å². The van der Waals surface area contributed by atoms with Gasteiger partial charge in [-0.05, 0) is 44.2 Å². The Bertz CT molecular complexity index is 1890. The first-order valence-electron chi connectivity index (χ1n) is 13.2. The summed E-state index contributed by atoms with van der Waals surface area (Å²) in [6, 6.07) is 13.9. The van der Waals surface area contributed by atoms with E-state index in [2.05, 4.69) is 15.0 Å². The molecule has 9 nitrogen and oxygen atoms in total. The summed E-state index contributed by atoms with van der Waals surface area (Å²) in [5.74, 6) is 1.00. The number of benzene rings is 1. The molecule has 41 heavy (non-hydrogen) atoms. The van der Waals surface area contributed by atoms with Gasteiger partial charge in [-0.1, -0.05) is 12.1 Å². The van der Waals surface area contributed by atoms with E-state index in [4.69, 9.17) is 14.7 Å². The highest BCUT2D eigenvalue weighted by atomic mass is 32.2. The second-order valence-electron chi connectivity index (χ2n) is 10.5. The fourth-order valence-corrected chi connectivity index (χ4v) is 6.59. The minimum absolute atomic E-state index is 0.00536. The number of ether oxygens (including phenoxy) is 1. The number of pyridine rings is 3. The molecule has 0 aliphatic carbocycles. The van der Waals surface area contributed by atoms with Crippen molar-refractivity contribution < 1.29 is 17.5 Å². The zero-order valence-corrected chi connectivity index (χ0v) is 23.9. The lowest BCUT2D eigenvalue weighted by Gasteiger charge is -2.48. The molecule has 1 fully saturated rings. The van der Waals surface area contributed by atoms with Crippen molar-refractivity contribution in [3.8, 4) is 34.1 Å². The van der Waals surface area contributed by atoms with Crippen molar-refractivity contribution in [2.75, 3.05) is 30.6 Å². The molecule has 11 heteroatoms. The monoisotopic (exact) mass is 572 g/mol. The second-order valence-corrected chi connectivity index (χ2v) is 12.7. The van der Waals surface area contributed by atoms with Crippen molar-refractivity contribution in [1.29, 1.82) is 0 Å². The highest BCUT2D eigenvalue weighted by Gasteiger charge is 2.38. The molecule has 1 aromatic carbocycles. The predicted molar refractivity (Wildman–Crippen MR) is 157 cm³/mol. The number of anilines is 1. The first kappa shape index (κ1) is 26.8. The van der Waals surface area contributed by atoms with E-state index in [9.17, 15) is 12.8 Å². The molecule has 0 radical (unpaired) electrons. The molecule has 0 unspecified atom stereocenters. The molecule has 210 valence electrons. The molecule has 1 aliphatic heterocycles. The van der Waals surface area contributed by atoms with Crippen LogP contribution in [0.3, 0.4) is 0 Å². The lowest BCUT2D eigenvalue weighted by molar-refractivity contribution is 0.341. The quantitative estimate of drug-likeness (QED) is 0.272. The molecule has 1 aliphatic rings. The smallest absolute Gasteiger partial charge is 0.156 e. The van der Waals surface area contributed by atoms with Crippen LogP contribution < -0.4 is 9.64 Å². The number of hydrogen-bond acceptors (Lipinski definition) is 8. The Balaban J connectivity index is 1.49. The van der Waals surface area contributed by atoms with Crippen LogP contribution in [-0.2, 0) is 9.84 Å². The number of fused-ring (bicyclic) bond motifs is 1. The van der Waals surface area contributed by atoms with Gasteiger partial charge < -0.3 is 9.64 Å². The van der Waals surface area contributed by atoms with E-state index in [-0.39, 0.29) is 23.5 Å². The minimum Gasteiger partial charge on any atom is -0.496 e. The van der Waals surface area contributed by atoms with E-state index >= 15 is 0 Å². The lowest BCUT2D eigenvalue weighted by atomic mass is 9.91. The average molecular weight is 573 g/mol. The molecular weight excluding hydrogens is 543 g/mol. The molecule has 5 heterocycles. The summed E-state index contributed by atoms with van der Waals surface area (Å²) in [5.41, 5.74) is 5.08. The van der Waals surface area contributed by atoms with Gasteiger partial charge in [0.15, 0.2) is 5.82 Å². The first-order valence-corrected chi connectivity index (χ1v) is 15.2. The maximum Gasteiger partial charge on any atom is 0.156 e. The fourth-order valence-electron chi connectivity index (χ4n) is 5.43. The van der Waals surface area contributed by atoms with Gasteiger partial charge in [-0.2, -0.15) is 5.10 Å². The number of halogens is 1. The van der Waals surface area contributed by atoms with Crippen LogP contribution in [0.2, 0.25) is 0 Å². The normalized spacial score (nSPS) is 17.0. The molecule has 0 spiro atoms. The van der Waals surface area contributed by atoms with Gasteiger partial charge in [-0.15, -0.1) is 0 Å². The number of rotatable bonds is 7. The van der Waals surface area contributed by atoms with Crippen LogP contribution >= 0.6 is 0 Å². The zero-order chi connectivity index (χ0) is 28.9. The number of aromatic nitrogens is 5. The number of methoxy groups -OCH3 is 1. The summed E-state index contributed by atoms with van der Waals surface area (Å²) >= 11 is 0. The van der Waals surface area contributed by atoms with Gasteiger partial charge in [0.1, 0.15) is 21.4 Å². The molecule has 6 rings (SSSR count). The lowest BCUT2D eigenvalue weighted by Crippen LogP contribution is -2.57. The van der Waals surface area contributed by atoms with Gasteiger partial charge in [-0.25, -0.2) is 22.5 Å². The molecule has 1 saturated heterocycles. The van der Waals surface area contributed by atoms with Gasteiger partial charge in [0.05, 0.1) is 41.5 Å². The summed E-state index contributed by atoms with van der Waals surface area (Å²) in [7, 11) is -1.49. The Labute approximate surface area is 237 Å². The molecule has 4 aromatic heterocycles. The Morgan fingerprint density at radius 3 is 2.63 bits per heavy atom. The van der Waals surface area contributed by atoms with E-state index in [0.717, 1.165) is 27.8 Å². The van der Waals surface area contributed by atoms with Gasteiger partial charge in [0, 0.05) is 65.6 Å². The topological polar surface area (TPSA) is 103 Å². The Hall–Kier alpha value is -4.38. The van der Waals surface area contributed by atoms with Crippen LogP contribution in [0.25, 0.3) is 39.2 Å². The molecular formula is C30H29FN6O3S. The molecule has 0 saturated carbocycles. The van der Waals surface area contributed by atoms with E-state index in [0.29, 0.717) is 35.1 Å². The molecule has 0 N–H and O–H groups in total. The van der Waals surface area contributed by atoms with E-state index in [1.807, 2.05) is 38.1 Å². The van der Waals surface area contributed by atoms with Gasteiger partial charge in [0.25, 0.3) is 0 Å². The van der Waals surface area contributed by atoms with Crippen LogP contribution in [0, 0.1) is 18.7 Å². The van der Waals surface area contributed by atoms with E-state index in [1.54, 1.807) is 42.5 Å². The van der Waals surface area contributed by atoms with Crippen LogP contribution in [0.1, 0.15) is 12.6 Å². The van der Waals surface area contributed by atoms with Gasteiger partial charge >= 0.3 is 0 Å².